The van der Waals surface area contributed by atoms with Gasteiger partial charge in [-0.1, -0.05) is 0 Å². The second-order valence-electron chi connectivity index (χ2n) is 6.79. The van der Waals surface area contributed by atoms with E-state index in [0.29, 0.717) is 17.6 Å². The molecular weight excluding hydrogens is 339 g/mol. The SMILES string of the molecule is O=C1CCC(n2c(=O)[nH]c3cc(N4CCC(P)CC4)ccc32)C(=O)N1. The van der Waals surface area contributed by atoms with E-state index in [4.69, 9.17) is 0 Å². The first-order valence-corrected chi connectivity index (χ1v) is 9.28. The average molecular weight is 360 g/mol. The van der Waals surface area contributed by atoms with E-state index in [0.717, 1.165) is 37.1 Å². The third-order valence-corrected chi connectivity index (χ3v) is 5.79. The molecule has 3 heterocycles. The fourth-order valence-electron chi connectivity index (χ4n) is 3.71. The van der Waals surface area contributed by atoms with Gasteiger partial charge in [0.05, 0.1) is 11.0 Å². The first-order chi connectivity index (χ1) is 12.0. The zero-order valence-electron chi connectivity index (χ0n) is 13.8. The number of nitrogens with zero attached hydrogens (tertiary/aromatic N) is 2. The zero-order chi connectivity index (χ0) is 17.6. The Bertz CT molecular complexity index is 895. The normalized spacial score (nSPS) is 22.4. The molecule has 2 aromatic rings. The van der Waals surface area contributed by atoms with Crippen LogP contribution in [0.25, 0.3) is 11.0 Å². The van der Waals surface area contributed by atoms with Gasteiger partial charge in [0.2, 0.25) is 11.8 Å². The lowest BCUT2D eigenvalue weighted by molar-refractivity contribution is -0.135. The molecule has 2 aliphatic rings. The number of amides is 2. The summed E-state index contributed by atoms with van der Waals surface area (Å²) in [6, 6.07) is 5.22. The van der Waals surface area contributed by atoms with Gasteiger partial charge in [-0.15, -0.1) is 9.24 Å². The molecule has 4 rings (SSSR count). The highest BCUT2D eigenvalue weighted by Gasteiger charge is 2.30. The highest BCUT2D eigenvalue weighted by atomic mass is 31.0. The van der Waals surface area contributed by atoms with Gasteiger partial charge < -0.3 is 9.88 Å². The molecule has 2 fully saturated rings. The fraction of sp³-hybridized carbons (Fsp3) is 0.471. The van der Waals surface area contributed by atoms with Gasteiger partial charge in [0.25, 0.3) is 0 Å². The van der Waals surface area contributed by atoms with Gasteiger partial charge in [-0.3, -0.25) is 19.5 Å². The van der Waals surface area contributed by atoms with Crippen LogP contribution in [0.5, 0.6) is 0 Å². The first kappa shape index (κ1) is 16.3. The summed E-state index contributed by atoms with van der Waals surface area (Å²) in [7, 11) is 2.89. The Morgan fingerprint density at radius 3 is 2.56 bits per heavy atom. The van der Waals surface area contributed by atoms with E-state index in [1.807, 2.05) is 18.2 Å². The van der Waals surface area contributed by atoms with Crippen LogP contribution in [0, 0.1) is 0 Å². The maximum Gasteiger partial charge on any atom is 0.327 e. The van der Waals surface area contributed by atoms with Crippen LogP contribution in [0.3, 0.4) is 0 Å². The lowest BCUT2D eigenvalue weighted by Crippen LogP contribution is -2.43. The summed E-state index contributed by atoms with van der Waals surface area (Å²) < 4.78 is 1.47. The van der Waals surface area contributed by atoms with Crippen LogP contribution >= 0.6 is 9.24 Å². The van der Waals surface area contributed by atoms with E-state index in [-0.39, 0.29) is 18.0 Å². The molecule has 0 bridgehead atoms. The summed E-state index contributed by atoms with van der Waals surface area (Å²) in [4.78, 5) is 41.1. The lowest BCUT2D eigenvalue weighted by Gasteiger charge is -2.32. The van der Waals surface area contributed by atoms with Crippen LogP contribution in [-0.4, -0.2) is 40.1 Å². The topological polar surface area (TPSA) is 87.2 Å². The minimum Gasteiger partial charge on any atom is -0.371 e. The van der Waals surface area contributed by atoms with E-state index in [2.05, 4.69) is 24.4 Å². The van der Waals surface area contributed by atoms with Crippen molar-refractivity contribution in [2.24, 2.45) is 0 Å². The quantitative estimate of drug-likeness (QED) is 0.621. The van der Waals surface area contributed by atoms with E-state index < -0.39 is 11.9 Å². The molecule has 132 valence electrons. The van der Waals surface area contributed by atoms with Crippen LogP contribution in [0.4, 0.5) is 5.69 Å². The Labute approximate surface area is 147 Å². The minimum absolute atomic E-state index is 0.248. The first-order valence-electron chi connectivity index (χ1n) is 8.61. The lowest BCUT2D eigenvalue weighted by atomic mass is 10.1. The minimum atomic E-state index is -0.641. The number of fused-ring (bicyclic) bond motifs is 1. The van der Waals surface area contributed by atoms with Gasteiger partial charge in [-0.25, -0.2) is 4.79 Å². The average Bonchev–Trinajstić information content (AvgIpc) is 2.91. The second kappa shape index (κ2) is 6.30. The number of benzene rings is 1. The van der Waals surface area contributed by atoms with E-state index in [1.165, 1.54) is 4.57 Å². The number of hydrogen-bond donors (Lipinski definition) is 2. The predicted molar refractivity (Wildman–Crippen MR) is 98.9 cm³/mol. The van der Waals surface area contributed by atoms with Crippen molar-refractivity contribution in [3.8, 4) is 0 Å². The molecule has 0 aliphatic carbocycles. The van der Waals surface area contributed by atoms with Gasteiger partial charge in [0.15, 0.2) is 0 Å². The zero-order valence-corrected chi connectivity index (χ0v) is 15.0. The molecular formula is C17H21N4O3P. The number of rotatable bonds is 2. The number of nitrogens with one attached hydrogen (secondary N) is 2. The molecule has 25 heavy (non-hydrogen) atoms. The molecule has 2 amide bonds. The third-order valence-electron chi connectivity index (χ3n) is 5.13. The summed E-state index contributed by atoms with van der Waals surface area (Å²) in [5.41, 5.74) is 2.86. The second-order valence-corrected chi connectivity index (χ2v) is 7.74. The molecule has 2 unspecified atom stereocenters. The van der Waals surface area contributed by atoms with Crippen LogP contribution in [0.1, 0.15) is 31.7 Å². The number of anilines is 1. The molecule has 0 spiro atoms. The van der Waals surface area contributed by atoms with Gasteiger partial charge in [0.1, 0.15) is 6.04 Å². The summed E-state index contributed by atoms with van der Waals surface area (Å²) >= 11 is 0. The molecule has 0 saturated carbocycles. The van der Waals surface area contributed by atoms with Crippen molar-refractivity contribution < 1.29 is 9.59 Å². The smallest absolute Gasteiger partial charge is 0.327 e. The van der Waals surface area contributed by atoms with Crippen LogP contribution in [0.15, 0.2) is 23.0 Å². The van der Waals surface area contributed by atoms with Crippen LogP contribution in [-0.2, 0) is 9.59 Å². The Morgan fingerprint density at radius 1 is 1.08 bits per heavy atom. The van der Waals surface area contributed by atoms with E-state index in [1.54, 1.807) is 0 Å². The van der Waals surface area contributed by atoms with E-state index in [9.17, 15) is 14.4 Å². The number of hydrogen-bond acceptors (Lipinski definition) is 4. The molecule has 2 saturated heterocycles. The maximum absolute atomic E-state index is 12.4. The molecule has 7 nitrogen and oxygen atoms in total. The molecule has 2 aliphatic heterocycles. The Balaban J connectivity index is 1.68. The summed E-state index contributed by atoms with van der Waals surface area (Å²) in [6.45, 7) is 2.00. The van der Waals surface area contributed by atoms with Crippen molar-refractivity contribution in [3.05, 3.63) is 28.7 Å². The number of imide groups is 1. The molecule has 1 aromatic carbocycles. The molecule has 2 atom stereocenters. The maximum atomic E-state index is 12.4. The van der Waals surface area contributed by atoms with Crippen molar-refractivity contribution in [1.82, 2.24) is 14.9 Å². The van der Waals surface area contributed by atoms with Gasteiger partial charge in [0, 0.05) is 25.2 Å². The highest BCUT2D eigenvalue weighted by molar-refractivity contribution is 7.17. The summed E-state index contributed by atoms with van der Waals surface area (Å²) in [5, 5.41) is 2.32. The predicted octanol–water partition coefficient (Wildman–Crippen LogP) is 1.15. The summed E-state index contributed by atoms with van der Waals surface area (Å²) in [5.74, 6) is -0.695. The number of aromatic nitrogens is 2. The van der Waals surface area contributed by atoms with Gasteiger partial charge in [-0.05, 0) is 43.1 Å². The van der Waals surface area contributed by atoms with Crippen LogP contribution in [0.2, 0.25) is 0 Å². The number of piperidine rings is 2. The Morgan fingerprint density at radius 2 is 1.84 bits per heavy atom. The van der Waals surface area contributed by atoms with E-state index >= 15 is 0 Å². The van der Waals surface area contributed by atoms with Crippen molar-refractivity contribution in [2.45, 2.75) is 37.4 Å². The van der Waals surface area contributed by atoms with Crippen molar-refractivity contribution in [3.63, 3.8) is 0 Å². The van der Waals surface area contributed by atoms with Crippen molar-refractivity contribution in [1.29, 1.82) is 0 Å². The van der Waals surface area contributed by atoms with Crippen LogP contribution < -0.4 is 15.9 Å². The number of H-pyrrole nitrogens is 1. The Hall–Kier alpha value is -2.14. The third kappa shape index (κ3) is 2.97. The molecule has 8 heteroatoms. The molecule has 1 aromatic heterocycles. The van der Waals surface area contributed by atoms with Gasteiger partial charge in [-0.2, -0.15) is 0 Å². The van der Waals surface area contributed by atoms with Crippen molar-refractivity contribution in [2.75, 3.05) is 18.0 Å². The monoisotopic (exact) mass is 360 g/mol. The highest BCUT2D eigenvalue weighted by Crippen LogP contribution is 2.28. The number of aromatic amines is 1. The molecule has 2 N–H and O–H groups in total. The fourth-order valence-corrected chi connectivity index (χ4v) is 4.01. The number of carbonyl (C=O) groups excluding carboxylic acids is 2. The van der Waals surface area contributed by atoms with Gasteiger partial charge >= 0.3 is 5.69 Å². The number of imidazole rings is 1. The summed E-state index contributed by atoms with van der Waals surface area (Å²) in [6.07, 6.45) is 2.87. The number of carbonyl (C=O) groups is 2. The van der Waals surface area contributed by atoms with Crippen molar-refractivity contribution >= 4 is 37.8 Å². The Kier molecular flexibility index (Phi) is 4.12. The largest absolute Gasteiger partial charge is 0.371 e. The molecule has 0 radical (unpaired) electrons. The standard InChI is InChI=1S/C17H21N4O3P/c22-15-4-3-14(16(23)19-15)21-13-2-1-10(9-12(13)18-17(21)24)20-7-5-11(25)6-8-20/h1-2,9,11,14H,3-8,25H2,(H,18,24)(H,19,22,23).